The van der Waals surface area contributed by atoms with Crippen LogP contribution in [0.3, 0.4) is 0 Å². The highest BCUT2D eigenvalue weighted by molar-refractivity contribution is 5.85. The zero-order valence-corrected chi connectivity index (χ0v) is 17.9. The summed E-state index contributed by atoms with van der Waals surface area (Å²) in [7, 11) is 0. The van der Waals surface area contributed by atoms with E-state index in [1.54, 1.807) is 17.0 Å². The summed E-state index contributed by atoms with van der Waals surface area (Å²) in [6, 6.07) is 5.32. The monoisotopic (exact) mass is 464 g/mol. The van der Waals surface area contributed by atoms with Gasteiger partial charge in [-0.05, 0) is 36.5 Å². The fourth-order valence-electron chi connectivity index (χ4n) is 4.19. The third-order valence-electron chi connectivity index (χ3n) is 6.26. The number of H-pyrrole nitrogens is 1. The van der Waals surface area contributed by atoms with Crippen molar-refractivity contribution in [2.45, 2.75) is 51.1 Å². The Kier molecular flexibility index (Phi) is 5.77. The highest BCUT2D eigenvalue weighted by Gasteiger charge is 2.57. The summed E-state index contributed by atoms with van der Waals surface area (Å²) in [6.45, 7) is 1.07. The van der Waals surface area contributed by atoms with Crippen LogP contribution in [0.15, 0.2) is 29.3 Å². The fourth-order valence-corrected chi connectivity index (χ4v) is 4.19. The molecule has 0 aliphatic carbocycles. The van der Waals surface area contributed by atoms with E-state index in [1.807, 2.05) is 6.07 Å². The lowest BCUT2D eigenvalue weighted by Crippen LogP contribution is -2.56. The molecule has 0 spiro atoms. The number of hydrogen-bond acceptors (Lipinski definition) is 5. The molecule has 3 heterocycles. The molecule has 4 rings (SSSR count). The average Bonchev–Trinajstić information content (AvgIpc) is 2.77. The molecule has 0 saturated heterocycles. The Morgan fingerprint density at radius 2 is 1.85 bits per heavy atom. The van der Waals surface area contributed by atoms with Gasteiger partial charge in [-0.25, -0.2) is 4.98 Å². The first kappa shape index (κ1) is 23.0. The molecule has 1 unspecified atom stereocenters. The number of fused-ring (bicyclic) bond motifs is 2. The minimum atomic E-state index is -5.08. The maximum absolute atomic E-state index is 13.1. The second-order valence-corrected chi connectivity index (χ2v) is 8.55. The minimum Gasteiger partial charge on any atom is -0.373 e. The molecule has 2 aliphatic heterocycles. The Hall–Kier alpha value is -3.21. The SMILES string of the molecule is CC(O)(C(=O)N1CCc2ccc(CC(=O)N3CCc4c(nc[nH]c4=O)C3)cc2C1)C(F)(F)F. The maximum Gasteiger partial charge on any atom is 0.426 e. The van der Waals surface area contributed by atoms with Crippen molar-refractivity contribution in [2.75, 3.05) is 13.1 Å². The maximum atomic E-state index is 13.1. The predicted octanol–water partition coefficient (Wildman–Crippen LogP) is 1.10. The zero-order chi connectivity index (χ0) is 24.0. The molecule has 0 radical (unpaired) electrons. The lowest BCUT2D eigenvalue weighted by Gasteiger charge is -2.35. The van der Waals surface area contributed by atoms with Crippen LogP contribution in [-0.2, 0) is 41.9 Å². The fraction of sp³-hybridized carbons (Fsp3) is 0.455. The standard InChI is InChI=1S/C22H23F3N4O4/c1-21(33,22(23,24)25)20(32)29-6-4-14-3-2-13(8-15(14)10-29)9-18(30)28-7-5-16-17(11-28)26-12-27-19(16)31/h2-3,8,12,33H,4-7,9-11H2,1H3,(H,26,27,31). The number of aromatic nitrogens is 2. The average molecular weight is 464 g/mol. The van der Waals surface area contributed by atoms with Gasteiger partial charge in [-0.15, -0.1) is 0 Å². The van der Waals surface area contributed by atoms with E-state index in [0.29, 0.717) is 48.7 Å². The quantitative estimate of drug-likeness (QED) is 0.708. The first-order chi connectivity index (χ1) is 15.5. The summed E-state index contributed by atoms with van der Waals surface area (Å²) in [5.41, 5.74) is -0.319. The normalized spacial score (nSPS) is 17.7. The summed E-state index contributed by atoms with van der Waals surface area (Å²) in [6.07, 6.45) is -2.94. The van der Waals surface area contributed by atoms with Gasteiger partial charge in [0.05, 0.1) is 25.0 Å². The molecular formula is C22H23F3N4O4. The van der Waals surface area contributed by atoms with Crippen molar-refractivity contribution in [3.63, 3.8) is 0 Å². The third-order valence-corrected chi connectivity index (χ3v) is 6.26. The number of carbonyl (C=O) groups excluding carboxylic acids is 2. The molecular weight excluding hydrogens is 441 g/mol. The van der Waals surface area contributed by atoms with Gasteiger partial charge in [0.15, 0.2) is 0 Å². The molecule has 2 amide bonds. The molecule has 2 aromatic rings. The van der Waals surface area contributed by atoms with E-state index < -0.39 is 17.7 Å². The number of alkyl halides is 3. The summed E-state index contributed by atoms with van der Waals surface area (Å²) in [5.74, 6) is -1.55. The molecule has 0 bridgehead atoms. The van der Waals surface area contributed by atoms with E-state index in [9.17, 15) is 32.7 Å². The molecule has 2 N–H and O–H groups in total. The van der Waals surface area contributed by atoms with Crippen LogP contribution in [0.25, 0.3) is 0 Å². The predicted molar refractivity (Wildman–Crippen MR) is 110 cm³/mol. The lowest BCUT2D eigenvalue weighted by atomic mass is 9.94. The van der Waals surface area contributed by atoms with Gasteiger partial charge in [0.1, 0.15) is 0 Å². The number of nitrogens with one attached hydrogen (secondary N) is 1. The summed E-state index contributed by atoms with van der Waals surface area (Å²) in [5, 5.41) is 9.73. The van der Waals surface area contributed by atoms with E-state index in [1.165, 1.54) is 6.33 Å². The number of aliphatic hydroxyl groups is 1. The van der Waals surface area contributed by atoms with Gasteiger partial charge in [-0.2, -0.15) is 13.2 Å². The number of hydrogen-bond donors (Lipinski definition) is 2. The number of benzene rings is 1. The number of carbonyl (C=O) groups is 2. The van der Waals surface area contributed by atoms with E-state index in [2.05, 4.69) is 9.97 Å². The largest absolute Gasteiger partial charge is 0.426 e. The lowest BCUT2D eigenvalue weighted by molar-refractivity contribution is -0.250. The molecule has 2 aliphatic rings. The molecule has 176 valence electrons. The minimum absolute atomic E-state index is 0.0651. The topological polar surface area (TPSA) is 107 Å². The van der Waals surface area contributed by atoms with Gasteiger partial charge in [-0.1, -0.05) is 18.2 Å². The number of amides is 2. The summed E-state index contributed by atoms with van der Waals surface area (Å²) < 4.78 is 39.2. The molecule has 0 saturated carbocycles. The van der Waals surface area contributed by atoms with Crippen LogP contribution >= 0.6 is 0 Å². The van der Waals surface area contributed by atoms with E-state index in [-0.39, 0.29) is 37.5 Å². The molecule has 0 fully saturated rings. The number of rotatable bonds is 3. The van der Waals surface area contributed by atoms with Crippen molar-refractivity contribution >= 4 is 11.8 Å². The number of aromatic amines is 1. The third kappa shape index (κ3) is 4.37. The van der Waals surface area contributed by atoms with Gasteiger partial charge < -0.3 is 19.9 Å². The molecule has 1 aromatic heterocycles. The number of halogens is 3. The highest BCUT2D eigenvalue weighted by atomic mass is 19.4. The summed E-state index contributed by atoms with van der Waals surface area (Å²) >= 11 is 0. The van der Waals surface area contributed by atoms with Crippen LogP contribution in [0, 0.1) is 0 Å². The van der Waals surface area contributed by atoms with Crippen LogP contribution in [0.5, 0.6) is 0 Å². The van der Waals surface area contributed by atoms with Gasteiger partial charge in [0, 0.05) is 25.2 Å². The smallest absolute Gasteiger partial charge is 0.373 e. The van der Waals surface area contributed by atoms with Crippen LogP contribution in [-0.4, -0.2) is 61.6 Å². The van der Waals surface area contributed by atoms with Crippen molar-refractivity contribution in [1.82, 2.24) is 19.8 Å². The van der Waals surface area contributed by atoms with Gasteiger partial charge >= 0.3 is 6.18 Å². The highest BCUT2D eigenvalue weighted by Crippen LogP contribution is 2.33. The zero-order valence-electron chi connectivity index (χ0n) is 17.9. The molecule has 11 heteroatoms. The van der Waals surface area contributed by atoms with E-state index >= 15 is 0 Å². The molecule has 1 aromatic carbocycles. The number of nitrogens with zero attached hydrogens (tertiary/aromatic N) is 3. The van der Waals surface area contributed by atoms with Crippen LogP contribution in [0.4, 0.5) is 13.2 Å². The van der Waals surface area contributed by atoms with E-state index in [0.717, 1.165) is 10.5 Å². The Balaban J connectivity index is 1.46. The Morgan fingerprint density at radius 3 is 2.58 bits per heavy atom. The van der Waals surface area contributed by atoms with Crippen molar-refractivity contribution < 1.29 is 27.9 Å². The van der Waals surface area contributed by atoms with Gasteiger partial charge in [-0.3, -0.25) is 14.4 Å². The second kappa shape index (κ2) is 8.29. The first-order valence-electron chi connectivity index (χ1n) is 10.5. The van der Waals surface area contributed by atoms with Gasteiger partial charge in [0.2, 0.25) is 11.5 Å². The van der Waals surface area contributed by atoms with Crippen LogP contribution < -0.4 is 5.56 Å². The Morgan fingerprint density at radius 1 is 1.12 bits per heavy atom. The summed E-state index contributed by atoms with van der Waals surface area (Å²) in [4.78, 5) is 46.3. The molecule has 1 atom stereocenters. The van der Waals surface area contributed by atoms with Crippen LogP contribution in [0.1, 0.15) is 34.9 Å². The molecule has 8 nitrogen and oxygen atoms in total. The molecule has 33 heavy (non-hydrogen) atoms. The van der Waals surface area contributed by atoms with Gasteiger partial charge in [0.25, 0.3) is 11.5 Å². The Bertz CT molecular complexity index is 1160. The second-order valence-electron chi connectivity index (χ2n) is 8.55. The Labute approximate surface area is 187 Å². The van der Waals surface area contributed by atoms with Crippen molar-refractivity contribution in [3.8, 4) is 0 Å². The first-order valence-corrected chi connectivity index (χ1v) is 10.5. The van der Waals surface area contributed by atoms with Crippen LogP contribution in [0.2, 0.25) is 0 Å². The van der Waals surface area contributed by atoms with Crippen molar-refractivity contribution in [2.24, 2.45) is 0 Å². The van der Waals surface area contributed by atoms with Crippen molar-refractivity contribution in [1.29, 1.82) is 0 Å². The van der Waals surface area contributed by atoms with Crippen molar-refractivity contribution in [3.05, 3.63) is 62.8 Å². The van der Waals surface area contributed by atoms with E-state index in [4.69, 9.17) is 0 Å².